The summed E-state index contributed by atoms with van der Waals surface area (Å²) in [6.45, 7) is 3.79. The van der Waals surface area contributed by atoms with Crippen molar-refractivity contribution in [2.45, 2.75) is 13.8 Å². The quantitative estimate of drug-likeness (QED) is 0.666. The Kier molecular flexibility index (Phi) is 2.12. The number of nitrogens with zero attached hydrogens (tertiary/aromatic N) is 4. The predicted octanol–water partition coefficient (Wildman–Crippen LogP) is 2.08. The van der Waals surface area contributed by atoms with Crippen LogP contribution in [0.3, 0.4) is 0 Å². The van der Waals surface area contributed by atoms with Crippen molar-refractivity contribution >= 4 is 27.2 Å². The van der Waals surface area contributed by atoms with Gasteiger partial charge in [0.25, 0.3) is 0 Å². The lowest BCUT2D eigenvalue weighted by molar-refractivity contribution is 0.825. The summed E-state index contributed by atoms with van der Waals surface area (Å²) >= 11 is 1.56. The first-order valence-electron chi connectivity index (χ1n) is 5.20. The summed E-state index contributed by atoms with van der Waals surface area (Å²) in [7, 11) is 0. The first-order valence-corrected chi connectivity index (χ1v) is 6.02. The third-order valence-corrected chi connectivity index (χ3v) is 3.45. The average molecular weight is 245 g/mol. The van der Waals surface area contributed by atoms with E-state index in [4.69, 9.17) is 5.73 Å². The van der Waals surface area contributed by atoms with Gasteiger partial charge in [0.1, 0.15) is 11.6 Å². The fourth-order valence-electron chi connectivity index (χ4n) is 1.72. The van der Waals surface area contributed by atoms with Gasteiger partial charge in [-0.2, -0.15) is 4.68 Å². The van der Waals surface area contributed by atoms with Gasteiger partial charge in [0.15, 0.2) is 0 Å². The molecule has 0 aliphatic rings. The van der Waals surface area contributed by atoms with E-state index < -0.39 is 0 Å². The second-order valence-corrected chi connectivity index (χ2v) is 4.85. The van der Waals surface area contributed by atoms with Crippen molar-refractivity contribution in [3.05, 3.63) is 29.8 Å². The van der Waals surface area contributed by atoms with Gasteiger partial charge >= 0.3 is 0 Å². The molecule has 0 saturated carbocycles. The van der Waals surface area contributed by atoms with Crippen molar-refractivity contribution in [2.75, 3.05) is 5.73 Å². The molecule has 2 aromatic heterocycles. The number of rotatable bonds is 1. The zero-order valence-electron chi connectivity index (χ0n) is 9.51. The molecule has 6 heteroatoms. The summed E-state index contributed by atoms with van der Waals surface area (Å²) in [4.78, 5) is 8.79. The molecule has 0 unspecified atom stereocenters. The van der Waals surface area contributed by atoms with Crippen molar-refractivity contribution in [3.8, 4) is 5.13 Å². The van der Waals surface area contributed by atoms with Gasteiger partial charge in [-0.3, -0.25) is 0 Å². The van der Waals surface area contributed by atoms with Crippen LogP contribution in [0, 0.1) is 13.8 Å². The summed E-state index contributed by atoms with van der Waals surface area (Å²) in [6, 6.07) is 5.70. The number of nitrogen functional groups attached to an aromatic ring is 1. The van der Waals surface area contributed by atoms with Crippen LogP contribution in [0.25, 0.3) is 15.3 Å². The molecule has 0 bridgehead atoms. The van der Waals surface area contributed by atoms with E-state index in [2.05, 4.69) is 15.1 Å². The number of aromatic nitrogens is 4. The minimum atomic E-state index is 0.749. The molecule has 0 aliphatic carbocycles. The molecular formula is C11H11N5S. The van der Waals surface area contributed by atoms with Gasteiger partial charge in [-0.1, -0.05) is 11.3 Å². The lowest BCUT2D eigenvalue weighted by Gasteiger charge is -1.94. The molecule has 5 nitrogen and oxygen atoms in total. The number of hydrogen-bond donors (Lipinski definition) is 1. The lowest BCUT2D eigenvalue weighted by Crippen LogP contribution is -1.97. The van der Waals surface area contributed by atoms with Gasteiger partial charge in [-0.15, -0.1) is 5.10 Å². The molecule has 86 valence electrons. The predicted molar refractivity (Wildman–Crippen MR) is 68.4 cm³/mol. The maximum atomic E-state index is 5.75. The third kappa shape index (κ3) is 1.66. The normalized spacial score (nSPS) is 11.2. The Labute approximate surface area is 102 Å². The van der Waals surface area contributed by atoms with Gasteiger partial charge in [0.05, 0.1) is 10.2 Å². The fourth-order valence-corrected chi connectivity index (χ4v) is 2.74. The minimum absolute atomic E-state index is 0.749. The summed E-state index contributed by atoms with van der Waals surface area (Å²) in [5.41, 5.74) is 7.44. The van der Waals surface area contributed by atoms with Crippen LogP contribution < -0.4 is 5.73 Å². The van der Waals surface area contributed by atoms with Crippen LogP contribution in [-0.4, -0.2) is 19.7 Å². The van der Waals surface area contributed by atoms with Gasteiger partial charge in [-0.25, -0.2) is 9.97 Å². The number of aryl methyl sites for hydroxylation is 2. The van der Waals surface area contributed by atoms with Crippen molar-refractivity contribution < 1.29 is 0 Å². The highest BCUT2D eigenvalue weighted by atomic mass is 32.1. The number of benzene rings is 1. The van der Waals surface area contributed by atoms with Crippen LogP contribution in [-0.2, 0) is 0 Å². The fraction of sp³-hybridized carbons (Fsp3) is 0.182. The van der Waals surface area contributed by atoms with Crippen molar-refractivity contribution in [1.82, 2.24) is 19.7 Å². The number of fused-ring (bicyclic) bond motifs is 1. The van der Waals surface area contributed by atoms with E-state index in [1.54, 1.807) is 16.0 Å². The van der Waals surface area contributed by atoms with Crippen LogP contribution in [0.15, 0.2) is 18.2 Å². The first kappa shape index (κ1) is 10.2. The summed E-state index contributed by atoms with van der Waals surface area (Å²) in [6.07, 6.45) is 0. The second-order valence-electron chi connectivity index (χ2n) is 3.84. The van der Waals surface area contributed by atoms with E-state index in [0.29, 0.717) is 0 Å². The maximum absolute atomic E-state index is 5.75. The molecule has 0 saturated heterocycles. The SMILES string of the molecule is Cc1nc(C)n(-c2nc3ccc(N)cc3s2)n1. The van der Waals surface area contributed by atoms with E-state index >= 15 is 0 Å². The van der Waals surface area contributed by atoms with Crippen molar-refractivity contribution in [3.63, 3.8) is 0 Å². The Morgan fingerprint density at radius 1 is 1.24 bits per heavy atom. The molecule has 0 amide bonds. The number of hydrogen-bond acceptors (Lipinski definition) is 5. The Morgan fingerprint density at radius 2 is 2.06 bits per heavy atom. The van der Waals surface area contributed by atoms with Crippen LogP contribution in [0.2, 0.25) is 0 Å². The summed E-state index contributed by atoms with van der Waals surface area (Å²) in [5, 5.41) is 5.14. The number of thiazole rings is 1. The summed E-state index contributed by atoms with van der Waals surface area (Å²) < 4.78 is 2.82. The molecule has 0 fully saturated rings. The number of anilines is 1. The highest BCUT2D eigenvalue weighted by Gasteiger charge is 2.10. The molecule has 3 rings (SSSR count). The zero-order chi connectivity index (χ0) is 12.0. The first-order chi connectivity index (χ1) is 8.13. The molecule has 3 aromatic rings. The van der Waals surface area contributed by atoms with Crippen molar-refractivity contribution in [1.29, 1.82) is 0 Å². The zero-order valence-corrected chi connectivity index (χ0v) is 10.3. The van der Waals surface area contributed by atoms with Gasteiger partial charge in [-0.05, 0) is 32.0 Å². The molecule has 0 spiro atoms. The van der Waals surface area contributed by atoms with E-state index in [1.165, 1.54) is 0 Å². The van der Waals surface area contributed by atoms with Crippen LogP contribution in [0.4, 0.5) is 5.69 Å². The largest absolute Gasteiger partial charge is 0.399 e. The highest BCUT2D eigenvalue weighted by molar-refractivity contribution is 7.20. The average Bonchev–Trinajstić information content (AvgIpc) is 2.80. The maximum Gasteiger partial charge on any atom is 0.213 e. The molecule has 0 atom stereocenters. The van der Waals surface area contributed by atoms with E-state index in [1.807, 2.05) is 32.0 Å². The van der Waals surface area contributed by atoms with Crippen LogP contribution >= 0.6 is 11.3 Å². The topological polar surface area (TPSA) is 69.6 Å². The standard InChI is InChI=1S/C11H11N5S/c1-6-13-7(2)16(15-6)11-14-9-4-3-8(12)5-10(9)17-11/h3-5H,12H2,1-2H3. The van der Waals surface area contributed by atoms with E-state index in [0.717, 1.165) is 32.7 Å². The Bertz CT molecular complexity index is 697. The molecule has 2 heterocycles. The van der Waals surface area contributed by atoms with Gasteiger partial charge < -0.3 is 5.73 Å². The Balaban J connectivity index is 2.21. The molecule has 17 heavy (non-hydrogen) atoms. The van der Waals surface area contributed by atoms with Crippen molar-refractivity contribution in [2.24, 2.45) is 0 Å². The summed E-state index contributed by atoms with van der Waals surface area (Å²) in [5.74, 6) is 1.59. The molecule has 2 N–H and O–H groups in total. The van der Waals surface area contributed by atoms with Crippen LogP contribution in [0.5, 0.6) is 0 Å². The molecule has 0 aliphatic heterocycles. The Hall–Kier alpha value is -1.95. The molecular weight excluding hydrogens is 234 g/mol. The van der Waals surface area contributed by atoms with E-state index in [9.17, 15) is 0 Å². The number of nitrogens with two attached hydrogens (primary N) is 1. The molecule has 0 radical (unpaired) electrons. The highest BCUT2D eigenvalue weighted by Crippen LogP contribution is 2.26. The third-order valence-electron chi connectivity index (χ3n) is 2.46. The second kappa shape index (κ2) is 3.53. The molecule has 1 aromatic carbocycles. The lowest BCUT2D eigenvalue weighted by atomic mass is 10.3. The van der Waals surface area contributed by atoms with Gasteiger partial charge in [0.2, 0.25) is 5.13 Å². The van der Waals surface area contributed by atoms with Gasteiger partial charge in [0, 0.05) is 5.69 Å². The van der Waals surface area contributed by atoms with Crippen LogP contribution in [0.1, 0.15) is 11.6 Å². The van der Waals surface area contributed by atoms with E-state index in [-0.39, 0.29) is 0 Å². The smallest absolute Gasteiger partial charge is 0.213 e. The monoisotopic (exact) mass is 245 g/mol. The Morgan fingerprint density at radius 3 is 2.76 bits per heavy atom. The minimum Gasteiger partial charge on any atom is -0.399 e.